The molecule has 5 rings (SSSR count). The molecule has 2 saturated heterocycles. The van der Waals surface area contributed by atoms with Gasteiger partial charge in [-0.25, -0.2) is 0 Å². The lowest BCUT2D eigenvalue weighted by atomic mass is 9.73. The molecule has 0 atom stereocenters. The number of rotatable bonds is 3. The fraction of sp³-hybridized carbons (Fsp3) is 0.458. The number of para-hydroxylation sites is 2. The number of hydrogen-bond donors (Lipinski definition) is 1. The normalized spacial score (nSPS) is 22.3. The van der Waals surface area contributed by atoms with Gasteiger partial charge in [-0.05, 0) is 66.9 Å². The van der Waals surface area contributed by atoms with Crippen LogP contribution in [-0.2, 0) is 13.0 Å². The van der Waals surface area contributed by atoms with E-state index in [1.54, 1.807) is 0 Å². The van der Waals surface area contributed by atoms with Crippen molar-refractivity contribution in [2.24, 2.45) is 10.4 Å². The molecule has 0 unspecified atom stereocenters. The van der Waals surface area contributed by atoms with Gasteiger partial charge in [0.05, 0.1) is 6.54 Å². The number of hydrogen-bond acceptors (Lipinski definition) is 3. The molecular weight excluding hydrogens is 362 g/mol. The lowest BCUT2D eigenvalue weighted by Gasteiger charge is -2.42. The molecule has 1 N–H and O–H groups in total. The summed E-state index contributed by atoms with van der Waals surface area (Å²) in [6.45, 7) is 3.13. The topological polar surface area (TPSA) is 27.6 Å². The van der Waals surface area contributed by atoms with E-state index in [2.05, 4.69) is 70.5 Å². The van der Waals surface area contributed by atoms with E-state index in [9.17, 15) is 0 Å². The molecule has 3 aliphatic heterocycles. The third-order valence-electron chi connectivity index (χ3n) is 6.60. The quantitative estimate of drug-likeness (QED) is 0.762. The number of nitrogens with one attached hydrogen (secondary N) is 1. The van der Waals surface area contributed by atoms with E-state index in [1.807, 2.05) is 0 Å². The largest absolute Gasteiger partial charge is 0.371 e. The number of nitrogens with zero attached hydrogens (tertiary/aromatic N) is 2. The molecule has 0 aliphatic carbocycles. The minimum absolute atomic E-state index is 0.197. The molecule has 2 aromatic rings. The van der Waals surface area contributed by atoms with E-state index in [0.29, 0.717) is 0 Å². The third kappa shape index (κ3) is 3.43. The molecule has 2 aromatic carbocycles. The number of aliphatic imine (C=N–C) groups is 1. The maximum absolute atomic E-state index is 5.23. The fourth-order valence-corrected chi connectivity index (χ4v) is 6.24. The molecule has 0 amide bonds. The van der Waals surface area contributed by atoms with Gasteiger partial charge in [-0.2, -0.15) is 11.8 Å². The number of fused-ring (bicyclic) bond motifs is 1. The van der Waals surface area contributed by atoms with Crippen molar-refractivity contribution in [3.8, 4) is 0 Å². The molecule has 0 bridgehead atoms. The Morgan fingerprint density at radius 1 is 0.964 bits per heavy atom. The van der Waals surface area contributed by atoms with Crippen molar-refractivity contribution in [1.29, 1.82) is 0 Å². The standard InChI is InChI=1S/C24H29N3S/c1-3-9-21-19(7-1)17-24(11-15-28-16-12-24)23(26-21)25-18-20-8-2-4-10-22(20)27-13-5-6-14-27/h1-4,7-10H,5-6,11-18H2,(H,25,26). The van der Waals surface area contributed by atoms with E-state index in [-0.39, 0.29) is 5.41 Å². The van der Waals surface area contributed by atoms with E-state index in [4.69, 9.17) is 4.99 Å². The summed E-state index contributed by atoms with van der Waals surface area (Å²) in [5.74, 6) is 3.71. The molecule has 3 aliphatic rings. The van der Waals surface area contributed by atoms with Crippen LogP contribution in [0.2, 0.25) is 0 Å². The highest BCUT2D eigenvalue weighted by molar-refractivity contribution is 7.99. The second-order valence-corrected chi connectivity index (χ2v) is 9.56. The Balaban J connectivity index is 1.46. The van der Waals surface area contributed by atoms with Crippen LogP contribution in [0.3, 0.4) is 0 Å². The molecule has 4 heteroatoms. The van der Waals surface area contributed by atoms with Crippen molar-refractivity contribution in [2.45, 2.75) is 38.6 Å². The Bertz CT molecular complexity index is 864. The van der Waals surface area contributed by atoms with Gasteiger partial charge in [0.2, 0.25) is 0 Å². The lowest BCUT2D eigenvalue weighted by Crippen LogP contribution is -2.44. The fourth-order valence-electron chi connectivity index (χ4n) is 4.96. The van der Waals surface area contributed by atoms with Gasteiger partial charge in [0.1, 0.15) is 5.84 Å². The molecule has 0 saturated carbocycles. The minimum Gasteiger partial charge on any atom is -0.371 e. The average molecular weight is 392 g/mol. The van der Waals surface area contributed by atoms with Crippen molar-refractivity contribution >= 4 is 29.0 Å². The monoisotopic (exact) mass is 391 g/mol. The summed E-state index contributed by atoms with van der Waals surface area (Å²) in [5, 5.41) is 3.74. The van der Waals surface area contributed by atoms with E-state index >= 15 is 0 Å². The Morgan fingerprint density at radius 3 is 2.57 bits per heavy atom. The molecule has 3 heterocycles. The van der Waals surface area contributed by atoms with Crippen LogP contribution >= 0.6 is 11.8 Å². The first-order chi connectivity index (χ1) is 13.8. The zero-order chi connectivity index (χ0) is 18.8. The molecule has 0 aromatic heterocycles. The highest BCUT2D eigenvalue weighted by Crippen LogP contribution is 2.44. The zero-order valence-electron chi connectivity index (χ0n) is 16.5. The second-order valence-electron chi connectivity index (χ2n) is 8.34. The van der Waals surface area contributed by atoms with Crippen LogP contribution in [0.25, 0.3) is 0 Å². The molecule has 0 radical (unpaired) electrons. The summed E-state index contributed by atoms with van der Waals surface area (Å²) in [6.07, 6.45) is 6.20. The summed E-state index contributed by atoms with van der Waals surface area (Å²) >= 11 is 2.09. The van der Waals surface area contributed by atoms with Crippen LogP contribution in [0.5, 0.6) is 0 Å². The van der Waals surface area contributed by atoms with Gasteiger partial charge in [0, 0.05) is 29.9 Å². The van der Waals surface area contributed by atoms with Gasteiger partial charge < -0.3 is 10.2 Å². The van der Waals surface area contributed by atoms with Crippen molar-refractivity contribution in [3.05, 3.63) is 59.7 Å². The van der Waals surface area contributed by atoms with Crippen LogP contribution in [0, 0.1) is 5.41 Å². The van der Waals surface area contributed by atoms with Crippen LogP contribution in [-0.4, -0.2) is 30.4 Å². The van der Waals surface area contributed by atoms with Crippen molar-refractivity contribution in [3.63, 3.8) is 0 Å². The van der Waals surface area contributed by atoms with Gasteiger partial charge in [-0.3, -0.25) is 4.99 Å². The number of thioether (sulfide) groups is 1. The highest BCUT2D eigenvalue weighted by Gasteiger charge is 2.41. The van der Waals surface area contributed by atoms with Crippen molar-refractivity contribution in [2.75, 3.05) is 34.8 Å². The predicted molar refractivity (Wildman–Crippen MR) is 122 cm³/mol. The maximum atomic E-state index is 5.23. The highest BCUT2D eigenvalue weighted by atomic mass is 32.2. The Labute approximate surface area is 172 Å². The number of anilines is 2. The number of amidine groups is 1. The summed E-state index contributed by atoms with van der Waals surface area (Å²) in [6, 6.07) is 17.6. The zero-order valence-corrected chi connectivity index (χ0v) is 17.3. The van der Waals surface area contributed by atoms with Gasteiger partial charge in [-0.1, -0.05) is 36.4 Å². The molecule has 2 fully saturated rings. The van der Waals surface area contributed by atoms with Gasteiger partial charge >= 0.3 is 0 Å². The first kappa shape index (κ1) is 18.1. The molecule has 146 valence electrons. The maximum Gasteiger partial charge on any atom is 0.108 e. The molecule has 28 heavy (non-hydrogen) atoms. The van der Waals surface area contributed by atoms with Crippen LogP contribution in [0.4, 0.5) is 11.4 Å². The first-order valence-electron chi connectivity index (χ1n) is 10.6. The number of benzene rings is 2. The Kier molecular flexibility index (Phi) is 5.06. The van der Waals surface area contributed by atoms with Crippen LogP contribution < -0.4 is 10.2 Å². The average Bonchev–Trinajstić information content (AvgIpc) is 3.28. The van der Waals surface area contributed by atoms with E-state index in [0.717, 1.165) is 13.0 Å². The molecule has 1 spiro atoms. The van der Waals surface area contributed by atoms with Crippen LogP contribution in [0.1, 0.15) is 36.8 Å². The molecule has 3 nitrogen and oxygen atoms in total. The van der Waals surface area contributed by atoms with Gasteiger partial charge in [0.25, 0.3) is 0 Å². The van der Waals surface area contributed by atoms with Gasteiger partial charge in [0.15, 0.2) is 0 Å². The summed E-state index contributed by atoms with van der Waals surface area (Å²) in [4.78, 5) is 7.76. The lowest BCUT2D eigenvalue weighted by molar-refractivity contribution is 0.377. The summed E-state index contributed by atoms with van der Waals surface area (Å²) in [7, 11) is 0. The first-order valence-corrected chi connectivity index (χ1v) is 11.8. The van der Waals surface area contributed by atoms with Crippen LogP contribution in [0.15, 0.2) is 53.5 Å². The Hall–Kier alpha value is -1.94. The smallest absolute Gasteiger partial charge is 0.108 e. The molecular formula is C24H29N3S. The van der Waals surface area contributed by atoms with E-state index < -0.39 is 0 Å². The predicted octanol–water partition coefficient (Wildman–Crippen LogP) is 5.37. The SMILES string of the molecule is c1ccc2c(c1)CC1(CCSCC1)C(=NCc1ccccc1N1CCCC1)N2. The summed E-state index contributed by atoms with van der Waals surface area (Å²) in [5.41, 5.74) is 5.64. The van der Waals surface area contributed by atoms with Crippen molar-refractivity contribution < 1.29 is 0 Å². The minimum atomic E-state index is 0.197. The van der Waals surface area contributed by atoms with E-state index in [1.165, 1.54) is 78.6 Å². The van der Waals surface area contributed by atoms with Crippen molar-refractivity contribution in [1.82, 2.24) is 0 Å². The Morgan fingerprint density at radius 2 is 1.71 bits per heavy atom. The summed E-state index contributed by atoms with van der Waals surface area (Å²) < 4.78 is 0. The third-order valence-corrected chi connectivity index (χ3v) is 7.58. The van der Waals surface area contributed by atoms with Gasteiger partial charge in [-0.15, -0.1) is 0 Å². The second kappa shape index (κ2) is 7.82.